The molecule has 3 heteroatoms. The molecular formula is C28H42O3. The van der Waals surface area contributed by atoms with E-state index >= 15 is 0 Å². The molecule has 0 radical (unpaired) electrons. The number of rotatable bonds is 10. The molecular weight excluding hydrogens is 384 g/mol. The molecule has 8 aliphatic carbocycles. The van der Waals surface area contributed by atoms with E-state index in [1.54, 1.807) is 0 Å². The van der Waals surface area contributed by atoms with Gasteiger partial charge in [0.15, 0.2) is 0 Å². The van der Waals surface area contributed by atoms with Gasteiger partial charge in [-0.05, 0) is 138 Å². The van der Waals surface area contributed by atoms with E-state index in [1.807, 2.05) is 12.5 Å². The Morgan fingerprint density at radius 1 is 0.516 bits per heavy atom. The Labute approximate surface area is 189 Å². The second kappa shape index (κ2) is 8.52. The van der Waals surface area contributed by atoms with Gasteiger partial charge in [0.05, 0.1) is 36.9 Å². The summed E-state index contributed by atoms with van der Waals surface area (Å²) in [6.07, 6.45) is 26.6. The van der Waals surface area contributed by atoms with Crippen molar-refractivity contribution in [3.8, 4) is 0 Å². The molecule has 8 aliphatic rings. The van der Waals surface area contributed by atoms with E-state index in [0.29, 0.717) is 0 Å². The Balaban J connectivity index is 0.847. The Bertz CT molecular complexity index is 564. The van der Waals surface area contributed by atoms with Crippen LogP contribution in [0.3, 0.4) is 0 Å². The lowest BCUT2D eigenvalue weighted by Gasteiger charge is -2.56. The fourth-order valence-corrected chi connectivity index (χ4v) is 9.40. The molecule has 8 rings (SSSR count). The second-order valence-electron chi connectivity index (χ2n) is 12.4. The summed E-state index contributed by atoms with van der Waals surface area (Å²) in [5.41, 5.74) is 0.472. The minimum absolute atomic E-state index is 0.236. The van der Waals surface area contributed by atoms with Crippen molar-refractivity contribution in [2.24, 2.45) is 35.5 Å². The molecule has 0 saturated heterocycles. The zero-order chi connectivity index (χ0) is 20.7. The minimum atomic E-state index is 0.236. The molecule has 0 amide bonds. The van der Waals surface area contributed by atoms with Gasteiger partial charge in [-0.1, -0.05) is 0 Å². The molecule has 0 unspecified atom stereocenters. The van der Waals surface area contributed by atoms with Crippen molar-refractivity contribution in [3.05, 3.63) is 24.7 Å². The molecule has 8 bridgehead atoms. The van der Waals surface area contributed by atoms with Gasteiger partial charge in [0, 0.05) is 0 Å². The number of hydrogen-bond donors (Lipinski definition) is 0. The van der Waals surface area contributed by atoms with Crippen LogP contribution in [-0.4, -0.2) is 24.4 Å². The molecule has 31 heavy (non-hydrogen) atoms. The lowest BCUT2D eigenvalue weighted by atomic mass is 9.54. The molecule has 0 aliphatic heterocycles. The summed E-state index contributed by atoms with van der Waals surface area (Å²) >= 11 is 0. The fraction of sp³-hybridized carbons (Fsp3) is 0.857. The van der Waals surface area contributed by atoms with Crippen LogP contribution < -0.4 is 0 Å². The predicted octanol–water partition coefficient (Wildman–Crippen LogP) is 6.78. The van der Waals surface area contributed by atoms with E-state index in [0.717, 1.165) is 61.6 Å². The van der Waals surface area contributed by atoms with Crippen molar-refractivity contribution < 1.29 is 14.2 Å². The fourth-order valence-electron chi connectivity index (χ4n) is 9.40. The summed E-state index contributed by atoms with van der Waals surface area (Å²) in [6.45, 7) is 1.68. The maximum atomic E-state index is 6.46. The molecule has 172 valence electrons. The summed E-state index contributed by atoms with van der Waals surface area (Å²) in [4.78, 5) is 0. The van der Waals surface area contributed by atoms with Crippen molar-refractivity contribution in [1.29, 1.82) is 0 Å². The van der Waals surface area contributed by atoms with Gasteiger partial charge in [-0.3, -0.25) is 0 Å². The number of hydrogen-bond acceptors (Lipinski definition) is 3. The SMILES string of the molecule is C(=COC=CCCOC12CC3CC(CC(C3)C1)C2)CCOC12CC3CC(CC(C3)C1)C2. The molecule has 0 aromatic heterocycles. The molecule has 0 heterocycles. The minimum Gasteiger partial charge on any atom is -0.473 e. The molecule has 0 aromatic rings. The first-order valence-corrected chi connectivity index (χ1v) is 13.4. The molecule has 3 nitrogen and oxygen atoms in total. The van der Waals surface area contributed by atoms with Crippen LogP contribution >= 0.6 is 0 Å². The van der Waals surface area contributed by atoms with Gasteiger partial charge in [-0.15, -0.1) is 0 Å². The number of ether oxygens (including phenoxy) is 3. The van der Waals surface area contributed by atoms with E-state index in [4.69, 9.17) is 14.2 Å². The Hall–Kier alpha value is -0.800. The lowest BCUT2D eigenvalue weighted by Crippen LogP contribution is -2.52. The van der Waals surface area contributed by atoms with E-state index in [1.165, 1.54) is 77.0 Å². The van der Waals surface area contributed by atoms with Crippen LogP contribution in [0, 0.1) is 35.5 Å². The predicted molar refractivity (Wildman–Crippen MR) is 122 cm³/mol. The maximum Gasteiger partial charge on any atom is 0.0862 e. The third-order valence-corrected chi connectivity index (χ3v) is 9.70. The van der Waals surface area contributed by atoms with E-state index < -0.39 is 0 Å². The lowest BCUT2D eigenvalue weighted by molar-refractivity contribution is -0.161. The largest absolute Gasteiger partial charge is 0.473 e. The van der Waals surface area contributed by atoms with Gasteiger partial charge in [0.1, 0.15) is 0 Å². The second-order valence-corrected chi connectivity index (χ2v) is 12.4. The van der Waals surface area contributed by atoms with Gasteiger partial charge < -0.3 is 14.2 Å². The van der Waals surface area contributed by atoms with E-state index in [-0.39, 0.29) is 11.2 Å². The normalized spacial score (nSPS) is 47.2. The van der Waals surface area contributed by atoms with E-state index in [2.05, 4.69) is 12.2 Å². The van der Waals surface area contributed by atoms with Gasteiger partial charge in [-0.2, -0.15) is 0 Å². The average Bonchev–Trinajstić information content (AvgIpc) is 2.70. The first-order chi connectivity index (χ1) is 15.2. The Kier molecular flexibility index (Phi) is 5.71. The summed E-state index contributed by atoms with van der Waals surface area (Å²) in [6, 6.07) is 0. The van der Waals surface area contributed by atoms with Crippen LogP contribution in [0.4, 0.5) is 0 Å². The van der Waals surface area contributed by atoms with Crippen molar-refractivity contribution >= 4 is 0 Å². The van der Waals surface area contributed by atoms with Crippen molar-refractivity contribution in [2.75, 3.05) is 13.2 Å². The first-order valence-electron chi connectivity index (χ1n) is 13.4. The summed E-state index contributed by atoms with van der Waals surface area (Å²) in [5, 5.41) is 0. The van der Waals surface area contributed by atoms with Crippen LogP contribution in [0.25, 0.3) is 0 Å². The topological polar surface area (TPSA) is 27.7 Å². The standard InChI is InChI=1S/C28H42O3/c1(3-7-30-27-15-21-9-22(16-27)11-23(10-21)17-27)5-29-6-2-4-8-31-28-18-24-12-25(19-28)14-26(13-24)20-28/h1-2,5-6,21-26H,3-4,7-20H2. The zero-order valence-corrected chi connectivity index (χ0v) is 19.3. The Morgan fingerprint density at radius 2 is 0.839 bits per heavy atom. The van der Waals surface area contributed by atoms with Crippen LogP contribution in [-0.2, 0) is 14.2 Å². The third-order valence-electron chi connectivity index (χ3n) is 9.70. The highest BCUT2D eigenvalue weighted by Gasteiger charge is 2.52. The highest BCUT2D eigenvalue weighted by atomic mass is 16.5. The van der Waals surface area contributed by atoms with Gasteiger partial charge in [0.25, 0.3) is 0 Å². The highest BCUT2D eigenvalue weighted by Crippen LogP contribution is 2.58. The van der Waals surface area contributed by atoms with Gasteiger partial charge in [-0.25, -0.2) is 0 Å². The molecule has 0 spiro atoms. The van der Waals surface area contributed by atoms with Gasteiger partial charge >= 0.3 is 0 Å². The van der Waals surface area contributed by atoms with Crippen molar-refractivity contribution in [1.82, 2.24) is 0 Å². The van der Waals surface area contributed by atoms with E-state index in [9.17, 15) is 0 Å². The van der Waals surface area contributed by atoms with Crippen LogP contribution in [0.5, 0.6) is 0 Å². The first kappa shape index (κ1) is 20.8. The molecule has 0 N–H and O–H groups in total. The monoisotopic (exact) mass is 426 g/mol. The summed E-state index contributed by atoms with van der Waals surface area (Å²) in [5.74, 6) is 5.76. The maximum absolute atomic E-state index is 6.46. The smallest absolute Gasteiger partial charge is 0.0862 e. The quantitative estimate of drug-likeness (QED) is 0.285. The van der Waals surface area contributed by atoms with Gasteiger partial charge in [0.2, 0.25) is 0 Å². The molecule has 0 aromatic carbocycles. The summed E-state index contributed by atoms with van der Waals surface area (Å²) in [7, 11) is 0. The van der Waals surface area contributed by atoms with Crippen LogP contribution in [0.1, 0.15) is 89.9 Å². The Morgan fingerprint density at radius 3 is 1.16 bits per heavy atom. The molecule has 8 fully saturated rings. The third kappa shape index (κ3) is 4.51. The zero-order valence-electron chi connectivity index (χ0n) is 19.3. The van der Waals surface area contributed by atoms with Crippen LogP contribution in [0.15, 0.2) is 24.7 Å². The van der Waals surface area contributed by atoms with Crippen molar-refractivity contribution in [2.45, 2.75) is 101 Å². The summed E-state index contributed by atoms with van der Waals surface area (Å²) < 4.78 is 18.5. The van der Waals surface area contributed by atoms with Crippen molar-refractivity contribution in [3.63, 3.8) is 0 Å². The molecule has 8 saturated carbocycles. The van der Waals surface area contributed by atoms with Crippen LogP contribution in [0.2, 0.25) is 0 Å². The molecule has 0 atom stereocenters. The highest BCUT2D eigenvalue weighted by molar-refractivity contribution is 5.04. The average molecular weight is 427 g/mol.